The fourth-order valence-corrected chi connectivity index (χ4v) is 3.75. The average Bonchev–Trinajstić information content (AvgIpc) is 3.37. The maximum absolute atomic E-state index is 13.9. The first-order chi connectivity index (χ1) is 13.7. The summed E-state index contributed by atoms with van der Waals surface area (Å²) in [7, 11) is 0. The van der Waals surface area contributed by atoms with Crippen LogP contribution in [-0.2, 0) is 16.1 Å². The van der Waals surface area contributed by atoms with Gasteiger partial charge in [0.2, 0.25) is 5.91 Å². The second kappa shape index (κ2) is 8.61. The van der Waals surface area contributed by atoms with Crippen LogP contribution < -0.4 is 5.32 Å². The molecule has 2 aromatic heterocycles. The first kappa shape index (κ1) is 18.8. The van der Waals surface area contributed by atoms with Gasteiger partial charge in [-0.05, 0) is 18.9 Å². The van der Waals surface area contributed by atoms with E-state index in [-0.39, 0.29) is 30.1 Å². The van der Waals surface area contributed by atoms with Gasteiger partial charge in [-0.2, -0.15) is 0 Å². The Morgan fingerprint density at radius 2 is 2.25 bits per heavy atom. The lowest BCUT2D eigenvalue weighted by molar-refractivity contribution is -0.119. The van der Waals surface area contributed by atoms with Gasteiger partial charge in [0.05, 0.1) is 18.4 Å². The first-order valence-corrected chi connectivity index (χ1v) is 9.98. The molecule has 4 rings (SSSR count). The Balaban J connectivity index is 1.41. The van der Waals surface area contributed by atoms with E-state index in [1.54, 1.807) is 18.2 Å². The molecule has 1 aliphatic heterocycles. The number of carbonyl (C=O) groups excluding carboxylic acids is 1. The third-order valence-corrected chi connectivity index (χ3v) is 5.41. The summed E-state index contributed by atoms with van der Waals surface area (Å²) in [6, 6.07) is 6.50. The summed E-state index contributed by atoms with van der Waals surface area (Å²) < 4.78 is 20.9. The van der Waals surface area contributed by atoms with Crippen molar-refractivity contribution in [1.82, 2.24) is 30.3 Å². The summed E-state index contributed by atoms with van der Waals surface area (Å²) in [6.07, 6.45) is 3.52. The van der Waals surface area contributed by atoms with Crippen molar-refractivity contribution in [3.8, 4) is 0 Å². The second-order valence-electron chi connectivity index (χ2n) is 6.42. The van der Waals surface area contributed by atoms with E-state index in [2.05, 4.69) is 25.6 Å². The molecule has 1 atom stereocenters. The molecular formula is C18H19FN6O2S. The number of nitrogens with zero attached hydrogens (tertiary/aromatic N) is 5. The number of nitrogens with one attached hydrogen (secondary N) is 1. The van der Waals surface area contributed by atoms with Crippen LogP contribution in [-0.4, -0.2) is 55.9 Å². The van der Waals surface area contributed by atoms with E-state index in [0.29, 0.717) is 28.3 Å². The van der Waals surface area contributed by atoms with Gasteiger partial charge in [0, 0.05) is 18.7 Å². The van der Waals surface area contributed by atoms with Crippen LogP contribution in [0, 0.1) is 5.82 Å². The minimum Gasteiger partial charge on any atom is -0.376 e. The van der Waals surface area contributed by atoms with Gasteiger partial charge in [-0.25, -0.2) is 19.0 Å². The second-order valence-corrected chi connectivity index (χ2v) is 7.38. The molecule has 3 heterocycles. The fourth-order valence-electron chi connectivity index (χ4n) is 2.99. The van der Waals surface area contributed by atoms with Gasteiger partial charge < -0.3 is 10.1 Å². The zero-order valence-electron chi connectivity index (χ0n) is 15.0. The number of hydrogen-bond acceptors (Lipinski definition) is 7. The van der Waals surface area contributed by atoms with E-state index >= 15 is 0 Å². The molecule has 28 heavy (non-hydrogen) atoms. The number of rotatable bonds is 7. The van der Waals surface area contributed by atoms with Crippen molar-refractivity contribution >= 4 is 28.8 Å². The summed E-state index contributed by atoms with van der Waals surface area (Å²) in [5, 5.41) is 11.6. The molecule has 0 spiro atoms. The molecule has 146 valence electrons. The molecule has 0 radical (unpaired) electrons. The van der Waals surface area contributed by atoms with Gasteiger partial charge in [0.15, 0.2) is 11.2 Å². The van der Waals surface area contributed by atoms with E-state index < -0.39 is 0 Å². The average molecular weight is 402 g/mol. The molecule has 8 nitrogen and oxygen atoms in total. The number of fused-ring (bicyclic) bond motifs is 1. The number of hydrogen-bond donors (Lipinski definition) is 1. The smallest absolute Gasteiger partial charge is 0.230 e. The SMILES string of the molecule is O=C(CSc1ncnc2c1nnn2Cc1ccccc1F)NC[C@H]1CCCO1. The zero-order valence-corrected chi connectivity index (χ0v) is 15.9. The molecule has 1 aliphatic rings. The van der Waals surface area contributed by atoms with Crippen molar-refractivity contribution < 1.29 is 13.9 Å². The third-order valence-electron chi connectivity index (χ3n) is 4.44. The van der Waals surface area contributed by atoms with Crippen LogP contribution in [0.5, 0.6) is 0 Å². The van der Waals surface area contributed by atoms with Gasteiger partial charge in [-0.3, -0.25) is 4.79 Å². The molecule has 1 aromatic carbocycles. The Morgan fingerprint density at radius 1 is 1.36 bits per heavy atom. The van der Waals surface area contributed by atoms with Gasteiger partial charge in [-0.1, -0.05) is 35.2 Å². The Hall–Kier alpha value is -2.59. The molecule has 0 aliphatic carbocycles. The largest absolute Gasteiger partial charge is 0.376 e. The Morgan fingerprint density at radius 3 is 3.07 bits per heavy atom. The van der Waals surface area contributed by atoms with E-state index in [4.69, 9.17) is 4.74 Å². The van der Waals surface area contributed by atoms with E-state index in [9.17, 15) is 9.18 Å². The number of aromatic nitrogens is 5. The molecule has 0 saturated carbocycles. The van der Waals surface area contributed by atoms with Crippen molar-refractivity contribution in [2.24, 2.45) is 0 Å². The maximum atomic E-state index is 13.9. The monoisotopic (exact) mass is 402 g/mol. The van der Waals surface area contributed by atoms with E-state index in [1.807, 2.05) is 0 Å². The van der Waals surface area contributed by atoms with E-state index in [1.165, 1.54) is 28.8 Å². The lowest BCUT2D eigenvalue weighted by atomic mass is 10.2. The highest BCUT2D eigenvalue weighted by Gasteiger charge is 2.17. The fraction of sp³-hybridized carbons (Fsp3) is 0.389. The van der Waals surface area contributed by atoms with Crippen molar-refractivity contribution in [3.05, 3.63) is 42.0 Å². The molecule has 1 fully saturated rings. The number of carbonyl (C=O) groups is 1. The Labute approximate surface area is 164 Å². The minimum absolute atomic E-state index is 0.0917. The molecule has 0 bridgehead atoms. The molecule has 1 N–H and O–H groups in total. The number of thioether (sulfide) groups is 1. The Bertz CT molecular complexity index is 976. The Kier molecular flexibility index (Phi) is 5.77. The van der Waals surface area contributed by atoms with Gasteiger partial charge in [0.1, 0.15) is 17.2 Å². The van der Waals surface area contributed by atoms with E-state index in [0.717, 1.165) is 19.4 Å². The predicted octanol–water partition coefficient (Wildman–Crippen LogP) is 1.80. The number of amides is 1. The lowest BCUT2D eigenvalue weighted by Crippen LogP contribution is -2.32. The van der Waals surface area contributed by atoms with Crippen LogP contribution >= 0.6 is 11.8 Å². The van der Waals surface area contributed by atoms with Crippen molar-refractivity contribution in [1.29, 1.82) is 0 Å². The van der Waals surface area contributed by atoms with Crippen LogP contribution in [0.1, 0.15) is 18.4 Å². The van der Waals surface area contributed by atoms with Gasteiger partial charge in [0.25, 0.3) is 0 Å². The summed E-state index contributed by atoms with van der Waals surface area (Å²) in [4.78, 5) is 20.5. The third kappa shape index (κ3) is 4.28. The molecule has 0 unspecified atom stereocenters. The van der Waals surface area contributed by atoms with Crippen molar-refractivity contribution in [2.45, 2.75) is 30.5 Å². The normalized spacial score (nSPS) is 16.5. The predicted molar refractivity (Wildman–Crippen MR) is 101 cm³/mol. The highest BCUT2D eigenvalue weighted by Crippen LogP contribution is 2.23. The standard InChI is InChI=1S/C18H19FN6O2S/c19-14-6-2-1-4-12(14)9-25-17-16(23-24-25)18(22-11-21-17)28-10-15(26)20-8-13-5-3-7-27-13/h1-2,4,6,11,13H,3,5,7-10H2,(H,20,26)/t13-/m1/s1. The molecule has 3 aromatic rings. The number of ether oxygens (including phenoxy) is 1. The van der Waals surface area contributed by atoms with Crippen molar-refractivity contribution in [3.63, 3.8) is 0 Å². The quantitative estimate of drug-likeness (QED) is 0.476. The number of benzene rings is 1. The van der Waals surface area contributed by atoms with Gasteiger partial charge >= 0.3 is 0 Å². The summed E-state index contributed by atoms with van der Waals surface area (Å²) in [5.41, 5.74) is 1.49. The molecule has 1 saturated heterocycles. The maximum Gasteiger partial charge on any atom is 0.230 e. The molecule has 1 amide bonds. The van der Waals surface area contributed by atoms with Crippen LogP contribution in [0.3, 0.4) is 0 Å². The first-order valence-electron chi connectivity index (χ1n) is 8.99. The molecule has 10 heteroatoms. The number of halogens is 1. The summed E-state index contributed by atoms with van der Waals surface area (Å²) >= 11 is 1.27. The summed E-state index contributed by atoms with van der Waals surface area (Å²) in [5.74, 6) is -0.192. The highest BCUT2D eigenvalue weighted by atomic mass is 32.2. The van der Waals surface area contributed by atoms with Gasteiger partial charge in [-0.15, -0.1) is 5.10 Å². The lowest BCUT2D eigenvalue weighted by Gasteiger charge is -2.10. The van der Waals surface area contributed by atoms with Crippen molar-refractivity contribution in [2.75, 3.05) is 18.9 Å². The van der Waals surface area contributed by atoms with Crippen LogP contribution in [0.25, 0.3) is 11.2 Å². The minimum atomic E-state index is -0.308. The summed E-state index contributed by atoms with van der Waals surface area (Å²) in [6.45, 7) is 1.50. The van der Waals surface area contributed by atoms with Crippen LogP contribution in [0.2, 0.25) is 0 Å². The van der Waals surface area contributed by atoms with Crippen LogP contribution in [0.4, 0.5) is 4.39 Å². The highest BCUT2D eigenvalue weighted by molar-refractivity contribution is 8.00. The topological polar surface area (TPSA) is 94.8 Å². The zero-order chi connectivity index (χ0) is 19.3. The molecular weight excluding hydrogens is 383 g/mol. The van der Waals surface area contributed by atoms with Crippen LogP contribution in [0.15, 0.2) is 35.6 Å².